The highest BCUT2D eigenvalue weighted by Crippen LogP contribution is 2.30. The summed E-state index contributed by atoms with van der Waals surface area (Å²) >= 11 is 4.78. The summed E-state index contributed by atoms with van der Waals surface area (Å²) in [6.07, 6.45) is 1.71. The van der Waals surface area contributed by atoms with Crippen molar-refractivity contribution in [3.05, 3.63) is 20.8 Å². The zero-order valence-electron chi connectivity index (χ0n) is 9.07. The highest BCUT2D eigenvalue weighted by molar-refractivity contribution is 9.10. The Morgan fingerprint density at radius 3 is 2.88 bits per heavy atom. The second kappa shape index (κ2) is 4.47. The van der Waals surface area contributed by atoms with Crippen molar-refractivity contribution < 1.29 is 9.90 Å². The molecule has 0 saturated carbocycles. The minimum Gasteiger partial charge on any atom is -0.386 e. The van der Waals surface area contributed by atoms with E-state index in [9.17, 15) is 9.90 Å². The van der Waals surface area contributed by atoms with Gasteiger partial charge in [-0.3, -0.25) is 4.79 Å². The van der Waals surface area contributed by atoms with Gasteiger partial charge >= 0.3 is 0 Å². The molecule has 16 heavy (non-hydrogen) atoms. The van der Waals surface area contributed by atoms with Crippen LogP contribution in [-0.2, 0) is 0 Å². The fraction of sp³-hybridized carbons (Fsp3) is 0.545. The van der Waals surface area contributed by atoms with Crippen molar-refractivity contribution in [1.82, 2.24) is 4.90 Å². The number of likely N-dealkylation sites (tertiary alicyclic amines) is 1. The van der Waals surface area contributed by atoms with Gasteiger partial charge in [0.2, 0.25) is 0 Å². The van der Waals surface area contributed by atoms with Gasteiger partial charge in [-0.1, -0.05) is 13.3 Å². The maximum Gasteiger partial charge on any atom is 0.265 e. The van der Waals surface area contributed by atoms with Gasteiger partial charge in [0.05, 0.1) is 18.7 Å². The zero-order chi connectivity index (χ0) is 11.8. The summed E-state index contributed by atoms with van der Waals surface area (Å²) in [4.78, 5) is 14.4. The summed E-state index contributed by atoms with van der Waals surface area (Å²) in [6, 6.07) is 1.87. The van der Waals surface area contributed by atoms with Crippen molar-refractivity contribution in [2.45, 2.75) is 25.4 Å². The van der Waals surface area contributed by atoms with E-state index in [2.05, 4.69) is 15.9 Å². The maximum absolute atomic E-state index is 12.0. The third kappa shape index (κ3) is 2.17. The number of nitrogens with zero attached hydrogens (tertiary/aromatic N) is 1. The monoisotopic (exact) mass is 303 g/mol. The minimum atomic E-state index is -0.645. The van der Waals surface area contributed by atoms with Gasteiger partial charge in [0.1, 0.15) is 4.88 Å². The van der Waals surface area contributed by atoms with Crippen LogP contribution in [0, 0.1) is 0 Å². The van der Waals surface area contributed by atoms with Crippen molar-refractivity contribution in [2.75, 3.05) is 13.1 Å². The zero-order valence-corrected chi connectivity index (χ0v) is 11.5. The van der Waals surface area contributed by atoms with Crippen LogP contribution in [-0.4, -0.2) is 34.6 Å². The van der Waals surface area contributed by atoms with Crippen LogP contribution in [0.25, 0.3) is 0 Å². The first-order valence-corrected chi connectivity index (χ1v) is 6.98. The molecule has 3 nitrogen and oxygen atoms in total. The molecule has 88 valence electrons. The Morgan fingerprint density at radius 1 is 1.69 bits per heavy atom. The second-order valence-electron chi connectivity index (χ2n) is 4.23. The fourth-order valence-electron chi connectivity index (χ4n) is 2.02. The van der Waals surface area contributed by atoms with Crippen LogP contribution in [0.4, 0.5) is 0 Å². The SMILES string of the molecule is CCCC1(O)CN(C(=O)c2sccc2Br)C1. The molecule has 2 rings (SSSR count). The summed E-state index contributed by atoms with van der Waals surface area (Å²) in [6.45, 7) is 2.96. The minimum absolute atomic E-state index is 0.0163. The maximum atomic E-state index is 12.0. The topological polar surface area (TPSA) is 40.5 Å². The molecule has 1 aliphatic rings. The number of carbonyl (C=O) groups excluding carboxylic acids is 1. The number of rotatable bonds is 3. The number of thiophene rings is 1. The van der Waals surface area contributed by atoms with Gasteiger partial charge in [-0.05, 0) is 33.8 Å². The molecule has 0 aliphatic carbocycles. The molecule has 0 radical (unpaired) electrons. The van der Waals surface area contributed by atoms with Crippen LogP contribution < -0.4 is 0 Å². The van der Waals surface area contributed by atoms with E-state index in [0.717, 1.165) is 22.2 Å². The van der Waals surface area contributed by atoms with Gasteiger partial charge in [0.25, 0.3) is 5.91 Å². The van der Waals surface area contributed by atoms with E-state index >= 15 is 0 Å². The summed E-state index contributed by atoms with van der Waals surface area (Å²) in [5, 5.41) is 11.9. The Hall–Kier alpha value is -0.390. The predicted octanol–water partition coefficient (Wildman–Crippen LogP) is 2.50. The van der Waals surface area contributed by atoms with E-state index in [1.165, 1.54) is 11.3 Å². The van der Waals surface area contributed by atoms with Crippen LogP contribution in [0.5, 0.6) is 0 Å². The van der Waals surface area contributed by atoms with Crippen LogP contribution >= 0.6 is 27.3 Å². The summed E-state index contributed by atoms with van der Waals surface area (Å²) in [5.74, 6) is 0.0163. The van der Waals surface area contributed by atoms with E-state index < -0.39 is 5.60 Å². The molecule has 0 bridgehead atoms. The molecule has 1 saturated heterocycles. The van der Waals surface area contributed by atoms with Crippen LogP contribution in [0.15, 0.2) is 15.9 Å². The Labute approximate surface area is 107 Å². The van der Waals surface area contributed by atoms with E-state index in [1.807, 2.05) is 18.4 Å². The Kier molecular flexibility index (Phi) is 3.37. The van der Waals surface area contributed by atoms with Crippen molar-refractivity contribution in [3.8, 4) is 0 Å². The highest BCUT2D eigenvalue weighted by Gasteiger charge is 2.43. The molecule has 0 spiro atoms. The van der Waals surface area contributed by atoms with E-state index in [1.54, 1.807) is 4.90 Å². The molecular formula is C11H14BrNO2S. The predicted molar refractivity (Wildman–Crippen MR) is 67.8 cm³/mol. The summed E-state index contributed by atoms with van der Waals surface area (Å²) in [5.41, 5.74) is -0.645. The van der Waals surface area contributed by atoms with Gasteiger partial charge in [-0.15, -0.1) is 11.3 Å². The molecule has 0 unspecified atom stereocenters. The molecule has 1 aromatic rings. The Morgan fingerprint density at radius 2 is 2.38 bits per heavy atom. The molecule has 5 heteroatoms. The number of hydrogen-bond donors (Lipinski definition) is 1. The van der Waals surface area contributed by atoms with Crippen molar-refractivity contribution >= 4 is 33.2 Å². The summed E-state index contributed by atoms with van der Waals surface area (Å²) in [7, 11) is 0. The van der Waals surface area contributed by atoms with Crippen molar-refractivity contribution in [2.24, 2.45) is 0 Å². The fourth-order valence-corrected chi connectivity index (χ4v) is 3.53. The second-order valence-corrected chi connectivity index (χ2v) is 6.00. The normalized spacial score (nSPS) is 18.3. The first-order valence-electron chi connectivity index (χ1n) is 5.30. The lowest BCUT2D eigenvalue weighted by Crippen LogP contribution is -2.63. The first-order chi connectivity index (χ1) is 7.56. The average Bonchev–Trinajstić information content (AvgIpc) is 2.60. The van der Waals surface area contributed by atoms with Gasteiger partial charge < -0.3 is 10.0 Å². The van der Waals surface area contributed by atoms with Gasteiger partial charge in [-0.2, -0.15) is 0 Å². The van der Waals surface area contributed by atoms with Crippen LogP contribution in [0.2, 0.25) is 0 Å². The molecule has 1 fully saturated rings. The molecule has 0 atom stereocenters. The van der Waals surface area contributed by atoms with E-state index in [4.69, 9.17) is 0 Å². The van der Waals surface area contributed by atoms with Crippen molar-refractivity contribution in [1.29, 1.82) is 0 Å². The number of halogens is 1. The Balaban J connectivity index is 1.98. The van der Waals surface area contributed by atoms with Gasteiger partial charge in [0, 0.05) is 4.47 Å². The van der Waals surface area contributed by atoms with Gasteiger partial charge in [0.15, 0.2) is 0 Å². The standard InChI is InChI=1S/C11H14BrNO2S/c1-2-4-11(15)6-13(7-11)10(14)9-8(12)3-5-16-9/h3,5,15H,2,4,6-7H2,1H3. The lowest BCUT2D eigenvalue weighted by Gasteiger charge is -2.46. The lowest BCUT2D eigenvalue weighted by molar-refractivity contribution is -0.0858. The molecule has 1 N–H and O–H groups in total. The number of aliphatic hydroxyl groups is 1. The number of hydrogen-bond acceptors (Lipinski definition) is 3. The van der Waals surface area contributed by atoms with Crippen molar-refractivity contribution in [3.63, 3.8) is 0 Å². The quantitative estimate of drug-likeness (QED) is 0.932. The number of β-amino-alcohol motifs (C(OH)–C–C–N with tert-alkyl or cyclic N) is 1. The summed E-state index contributed by atoms with van der Waals surface area (Å²) < 4.78 is 0.841. The third-order valence-electron chi connectivity index (χ3n) is 2.78. The highest BCUT2D eigenvalue weighted by atomic mass is 79.9. The molecule has 0 aromatic carbocycles. The first kappa shape index (κ1) is 12.1. The number of carbonyl (C=O) groups is 1. The van der Waals surface area contributed by atoms with Crippen LogP contribution in [0.1, 0.15) is 29.4 Å². The van der Waals surface area contributed by atoms with Crippen LogP contribution in [0.3, 0.4) is 0 Å². The third-order valence-corrected chi connectivity index (χ3v) is 4.61. The molecule has 1 amide bonds. The molecular weight excluding hydrogens is 290 g/mol. The van der Waals surface area contributed by atoms with E-state index in [0.29, 0.717) is 13.1 Å². The average molecular weight is 304 g/mol. The molecule has 1 aromatic heterocycles. The molecule has 2 heterocycles. The van der Waals surface area contributed by atoms with E-state index in [-0.39, 0.29) is 5.91 Å². The largest absolute Gasteiger partial charge is 0.386 e. The smallest absolute Gasteiger partial charge is 0.265 e. The van der Waals surface area contributed by atoms with Gasteiger partial charge in [-0.25, -0.2) is 0 Å². The lowest BCUT2D eigenvalue weighted by atomic mass is 9.89. The number of amides is 1. The Bertz CT molecular complexity index is 398. The molecule has 1 aliphatic heterocycles.